The van der Waals surface area contributed by atoms with Gasteiger partial charge in [-0.3, -0.25) is 0 Å². The topological polar surface area (TPSA) is 23.5 Å². The van der Waals surface area contributed by atoms with Crippen LogP contribution >= 0.6 is 27.5 Å². The van der Waals surface area contributed by atoms with E-state index in [-0.39, 0.29) is 12.4 Å². The quantitative estimate of drug-likeness (QED) is 0.774. The van der Waals surface area contributed by atoms with Gasteiger partial charge in [0.1, 0.15) is 5.82 Å². The molecular formula is C17H12BrClFNO. The van der Waals surface area contributed by atoms with Crippen LogP contribution in [0.3, 0.4) is 0 Å². The third-order valence-electron chi connectivity index (χ3n) is 3.58. The van der Waals surface area contributed by atoms with E-state index in [1.54, 1.807) is 29.3 Å². The molecule has 0 radical (unpaired) electrons. The number of benzene rings is 2. The van der Waals surface area contributed by atoms with Crippen LogP contribution in [0.15, 0.2) is 47.6 Å². The van der Waals surface area contributed by atoms with Crippen LogP contribution in [0.25, 0.3) is 11.8 Å². The molecule has 22 heavy (non-hydrogen) atoms. The SMILES string of the molecule is C=C1c2c(F)cc(Br)cc2C=CN1c1cccc(Cl)c1CO. The fourth-order valence-corrected chi connectivity index (χ4v) is 3.23. The minimum Gasteiger partial charge on any atom is -0.392 e. The Balaban J connectivity index is 2.14. The van der Waals surface area contributed by atoms with Crippen LogP contribution in [0.4, 0.5) is 10.1 Å². The van der Waals surface area contributed by atoms with Crippen LogP contribution in [-0.4, -0.2) is 5.11 Å². The highest BCUT2D eigenvalue weighted by atomic mass is 79.9. The summed E-state index contributed by atoms with van der Waals surface area (Å²) in [5.41, 5.74) is 2.95. The summed E-state index contributed by atoms with van der Waals surface area (Å²) in [6, 6.07) is 8.55. The Bertz CT molecular complexity index is 803. The zero-order valence-corrected chi connectivity index (χ0v) is 13.8. The Morgan fingerprint density at radius 3 is 2.82 bits per heavy atom. The maximum atomic E-state index is 14.3. The van der Waals surface area contributed by atoms with Crippen molar-refractivity contribution in [1.82, 2.24) is 0 Å². The maximum absolute atomic E-state index is 14.3. The Labute approximate surface area is 141 Å². The van der Waals surface area contributed by atoms with Crippen molar-refractivity contribution >= 4 is 45.0 Å². The van der Waals surface area contributed by atoms with Gasteiger partial charge in [-0.05, 0) is 35.9 Å². The first-order valence-electron chi connectivity index (χ1n) is 6.57. The smallest absolute Gasteiger partial charge is 0.134 e. The molecule has 3 rings (SSSR count). The number of hydrogen-bond donors (Lipinski definition) is 1. The summed E-state index contributed by atoms with van der Waals surface area (Å²) in [4.78, 5) is 1.73. The Hall–Kier alpha value is -1.62. The third-order valence-corrected chi connectivity index (χ3v) is 4.39. The van der Waals surface area contributed by atoms with E-state index < -0.39 is 0 Å². The van der Waals surface area contributed by atoms with Crippen LogP contribution < -0.4 is 4.90 Å². The maximum Gasteiger partial charge on any atom is 0.134 e. The molecule has 0 saturated carbocycles. The predicted molar refractivity (Wildman–Crippen MR) is 92.0 cm³/mol. The molecule has 2 nitrogen and oxygen atoms in total. The summed E-state index contributed by atoms with van der Waals surface area (Å²) < 4.78 is 15.0. The first kappa shape index (κ1) is 15.3. The van der Waals surface area contributed by atoms with Crippen LogP contribution in [-0.2, 0) is 6.61 Å². The van der Waals surface area contributed by atoms with Gasteiger partial charge in [0.2, 0.25) is 0 Å². The van der Waals surface area contributed by atoms with Crippen molar-refractivity contribution < 1.29 is 9.50 Å². The average Bonchev–Trinajstić information content (AvgIpc) is 2.46. The molecule has 0 fully saturated rings. The van der Waals surface area contributed by atoms with E-state index in [9.17, 15) is 9.50 Å². The fourth-order valence-electron chi connectivity index (χ4n) is 2.55. The minimum atomic E-state index is -0.351. The molecule has 2 aromatic rings. The van der Waals surface area contributed by atoms with Crippen molar-refractivity contribution in [2.45, 2.75) is 6.61 Å². The third kappa shape index (κ3) is 2.47. The highest BCUT2D eigenvalue weighted by Gasteiger charge is 2.23. The van der Waals surface area contributed by atoms with Gasteiger partial charge in [0.05, 0.1) is 12.3 Å². The van der Waals surface area contributed by atoms with E-state index in [1.165, 1.54) is 6.07 Å². The summed E-state index contributed by atoms with van der Waals surface area (Å²) in [6.07, 6.45) is 3.60. The number of rotatable bonds is 2. The summed E-state index contributed by atoms with van der Waals surface area (Å²) in [5, 5.41) is 10.0. The van der Waals surface area contributed by atoms with Crippen LogP contribution in [0.1, 0.15) is 16.7 Å². The molecule has 0 aliphatic carbocycles. The Kier molecular flexibility index (Phi) is 4.08. The summed E-state index contributed by atoms with van der Waals surface area (Å²) in [5.74, 6) is -0.351. The molecule has 1 aliphatic rings. The molecule has 0 unspecified atom stereocenters. The zero-order valence-electron chi connectivity index (χ0n) is 11.5. The lowest BCUT2D eigenvalue weighted by atomic mass is 9.99. The van der Waals surface area contributed by atoms with Gasteiger partial charge >= 0.3 is 0 Å². The molecule has 0 bridgehead atoms. The molecule has 1 aliphatic heterocycles. The number of nitrogens with zero attached hydrogens (tertiary/aromatic N) is 1. The molecular weight excluding hydrogens is 369 g/mol. The molecule has 0 aromatic heterocycles. The predicted octanol–water partition coefficient (Wildman–Crippen LogP) is 5.20. The second kappa shape index (κ2) is 5.88. The van der Waals surface area contributed by atoms with Gasteiger partial charge in [-0.15, -0.1) is 0 Å². The molecule has 5 heteroatoms. The molecule has 1 N–H and O–H groups in total. The number of aliphatic hydroxyl groups excluding tert-OH is 1. The minimum absolute atomic E-state index is 0.206. The van der Waals surface area contributed by atoms with E-state index >= 15 is 0 Å². The summed E-state index contributed by atoms with van der Waals surface area (Å²) >= 11 is 9.41. The van der Waals surface area contributed by atoms with Crippen molar-refractivity contribution in [2.24, 2.45) is 0 Å². The number of aliphatic hydroxyl groups is 1. The summed E-state index contributed by atoms with van der Waals surface area (Å²) in [7, 11) is 0. The lowest BCUT2D eigenvalue weighted by molar-refractivity contribution is 0.282. The molecule has 2 aromatic carbocycles. The Morgan fingerprint density at radius 1 is 1.32 bits per heavy atom. The summed E-state index contributed by atoms with van der Waals surface area (Å²) in [6.45, 7) is 3.80. The van der Waals surface area contributed by atoms with Crippen molar-refractivity contribution in [2.75, 3.05) is 4.90 Å². The molecule has 1 heterocycles. The van der Waals surface area contributed by atoms with Crippen LogP contribution in [0.5, 0.6) is 0 Å². The Morgan fingerprint density at radius 2 is 2.09 bits per heavy atom. The molecule has 0 atom stereocenters. The van der Waals surface area contributed by atoms with Crippen LogP contribution in [0, 0.1) is 5.82 Å². The van der Waals surface area contributed by atoms with Crippen molar-refractivity contribution in [3.8, 4) is 0 Å². The second-order valence-corrected chi connectivity index (χ2v) is 6.20. The van der Waals surface area contributed by atoms with Crippen molar-refractivity contribution in [3.05, 3.63) is 75.1 Å². The van der Waals surface area contributed by atoms with E-state index in [0.717, 1.165) is 5.56 Å². The van der Waals surface area contributed by atoms with Gasteiger partial charge in [0.15, 0.2) is 0 Å². The number of hydrogen-bond acceptors (Lipinski definition) is 2. The fraction of sp³-hybridized carbons (Fsp3) is 0.0588. The highest BCUT2D eigenvalue weighted by Crippen LogP contribution is 2.38. The molecule has 0 amide bonds. The van der Waals surface area contributed by atoms with E-state index in [2.05, 4.69) is 22.5 Å². The van der Waals surface area contributed by atoms with Crippen molar-refractivity contribution in [1.29, 1.82) is 0 Å². The monoisotopic (exact) mass is 379 g/mol. The van der Waals surface area contributed by atoms with Gasteiger partial charge in [-0.25, -0.2) is 4.39 Å². The lowest BCUT2D eigenvalue weighted by Gasteiger charge is -2.30. The van der Waals surface area contributed by atoms with E-state index in [1.807, 2.05) is 12.1 Å². The molecule has 0 saturated heterocycles. The van der Waals surface area contributed by atoms with Gasteiger partial charge < -0.3 is 10.0 Å². The largest absolute Gasteiger partial charge is 0.392 e. The van der Waals surface area contributed by atoms with Gasteiger partial charge in [0.25, 0.3) is 0 Å². The number of fused-ring (bicyclic) bond motifs is 1. The first-order chi connectivity index (χ1) is 10.5. The van der Waals surface area contributed by atoms with E-state index in [0.29, 0.717) is 32.0 Å². The highest BCUT2D eigenvalue weighted by molar-refractivity contribution is 9.10. The number of halogens is 3. The molecule has 112 valence electrons. The van der Waals surface area contributed by atoms with Gasteiger partial charge in [-0.2, -0.15) is 0 Å². The van der Waals surface area contributed by atoms with E-state index in [4.69, 9.17) is 11.6 Å². The van der Waals surface area contributed by atoms with Gasteiger partial charge in [-0.1, -0.05) is 40.2 Å². The average molecular weight is 381 g/mol. The second-order valence-electron chi connectivity index (χ2n) is 4.88. The normalized spacial score (nSPS) is 13.5. The zero-order chi connectivity index (χ0) is 15.9. The standard InChI is InChI=1S/C17H12BrClFNO/c1-10-17-11(7-12(18)8-15(17)20)5-6-21(10)16-4-2-3-14(19)13(16)9-22/h2-8,22H,1,9H2. The lowest BCUT2D eigenvalue weighted by Crippen LogP contribution is -2.20. The number of anilines is 1. The van der Waals surface area contributed by atoms with Crippen LogP contribution in [0.2, 0.25) is 5.02 Å². The van der Waals surface area contributed by atoms with Gasteiger partial charge in [0, 0.05) is 32.5 Å². The molecule has 0 spiro atoms. The van der Waals surface area contributed by atoms with Crippen molar-refractivity contribution in [3.63, 3.8) is 0 Å². The first-order valence-corrected chi connectivity index (χ1v) is 7.74.